The molecule has 2 saturated carbocycles. The van der Waals surface area contributed by atoms with Crippen molar-refractivity contribution in [1.29, 1.82) is 0 Å². The van der Waals surface area contributed by atoms with E-state index in [4.69, 9.17) is 0 Å². The molecule has 0 spiro atoms. The van der Waals surface area contributed by atoms with E-state index in [1.807, 2.05) is 0 Å². The Morgan fingerprint density at radius 2 is 0.571 bits per heavy atom. The normalized spacial score (nSPS) is 20.3. The fourth-order valence-corrected chi connectivity index (χ4v) is 10.9. The van der Waals surface area contributed by atoms with Gasteiger partial charge in [0.2, 0.25) is 0 Å². The van der Waals surface area contributed by atoms with E-state index in [1.165, 1.54) is 73.6 Å². The van der Waals surface area contributed by atoms with Gasteiger partial charge in [-0.3, -0.25) is 0 Å². The summed E-state index contributed by atoms with van der Waals surface area (Å²) >= 11 is 0. The summed E-state index contributed by atoms with van der Waals surface area (Å²) < 4.78 is 0. The molecule has 0 atom stereocenters. The highest BCUT2D eigenvalue weighted by Gasteiger charge is 2.34. The van der Waals surface area contributed by atoms with Gasteiger partial charge in [-0.15, -0.1) is 0 Å². The lowest BCUT2D eigenvalue weighted by atomic mass is 9.66. The molecular formula is C54H48N2. The van der Waals surface area contributed by atoms with Gasteiger partial charge in [0.25, 0.3) is 0 Å². The first-order valence-corrected chi connectivity index (χ1v) is 21.0. The minimum absolute atomic E-state index is 0.725. The van der Waals surface area contributed by atoms with Gasteiger partial charge in [0.05, 0.1) is 0 Å². The number of hydrogen-bond donors (Lipinski definition) is 0. The highest BCUT2D eigenvalue weighted by atomic mass is 15.2. The Bertz CT molecular complexity index is 2350. The SMILES string of the molecule is c1ccc(N(c2cccc(-c3ccc4c(c3)C3CCC4CC3)c2)c2cccc(N(c3ccccc3)c3cccc(-c4ccc5c(c4)C4CCC5CC4)c3)c2)cc1. The van der Waals surface area contributed by atoms with Gasteiger partial charge in [0, 0.05) is 34.1 Å². The first kappa shape index (κ1) is 33.5. The van der Waals surface area contributed by atoms with Crippen molar-refractivity contribution in [3.8, 4) is 22.3 Å². The van der Waals surface area contributed by atoms with Crippen LogP contribution in [0.3, 0.4) is 0 Å². The van der Waals surface area contributed by atoms with Crippen LogP contribution in [0.2, 0.25) is 0 Å². The van der Waals surface area contributed by atoms with E-state index < -0.39 is 0 Å². The third-order valence-electron chi connectivity index (χ3n) is 13.6. The van der Waals surface area contributed by atoms with Crippen molar-refractivity contribution in [3.63, 3.8) is 0 Å². The second-order valence-electron chi connectivity index (χ2n) is 16.7. The van der Waals surface area contributed by atoms with Crippen LogP contribution < -0.4 is 9.80 Å². The largest absolute Gasteiger partial charge is 0.310 e. The highest BCUT2D eigenvalue weighted by Crippen LogP contribution is 2.52. The second-order valence-corrected chi connectivity index (χ2v) is 16.7. The summed E-state index contributed by atoms with van der Waals surface area (Å²) in [7, 11) is 0. The van der Waals surface area contributed by atoms with Crippen LogP contribution >= 0.6 is 0 Å². The number of para-hydroxylation sites is 2. The number of rotatable bonds is 8. The third-order valence-corrected chi connectivity index (χ3v) is 13.6. The summed E-state index contributed by atoms with van der Waals surface area (Å²) in [5.74, 6) is 2.96. The molecule has 6 aliphatic rings. The number of hydrogen-bond acceptors (Lipinski definition) is 2. The predicted octanol–water partition coefficient (Wildman–Crippen LogP) is 15.5. The van der Waals surface area contributed by atoms with Crippen LogP contribution in [0.15, 0.2) is 170 Å². The van der Waals surface area contributed by atoms with E-state index in [-0.39, 0.29) is 0 Å². The monoisotopic (exact) mass is 724 g/mol. The van der Waals surface area contributed by atoms with E-state index >= 15 is 0 Å². The minimum atomic E-state index is 0.725. The number of anilines is 6. The van der Waals surface area contributed by atoms with Gasteiger partial charge in [0.15, 0.2) is 0 Å². The van der Waals surface area contributed by atoms with Crippen molar-refractivity contribution in [1.82, 2.24) is 0 Å². The van der Waals surface area contributed by atoms with Gasteiger partial charge in [0.1, 0.15) is 0 Å². The summed E-state index contributed by atoms with van der Waals surface area (Å²) in [6.07, 6.45) is 10.8. The van der Waals surface area contributed by atoms with Gasteiger partial charge in [-0.1, -0.05) is 103 Å². The average molecular weight is 725 g/mol. The van der Waals surface area contributed by atoms with E-state index in [0.29, 0.717) is 0 Å². The molecular weight excluding hydrogens is 677 g/mol. The van der Waals surface area contributed by atoms with Crippen LogP contribution in [0.4, 0.5) is 34.1 Å². The molecule has 6 aliphatic carbocycles. The molecule has 56 heavy (non-hydrogen) atoms. The van der Waals surface area contributed by atoms with Gasteiger partial charge in [-0.2, -0.15) is 0 Å². The Morgan fingerprint density at radius 1 is 0.250 bits per heavy atom. The van der Waals surface area contributed by atoms with Crippen molar-refractivity contribution in [2.24, 2.45) is 0 Å². The summed E-state index contributed by atoms with van der Waals surface area (Å²) in [5, 5.41) is 0. The zero-order valence-electron chi connectivity index (χ0n) is 32.0. The Balaban J connectivity index is 0.989. The van der Waals surface area contributed by atoms with Crippen LogP contribution in [0, 0.1) is 0 Å². The minimum Gasteiger partial charge on any atom is -0.310 e. The molecule has 0 heterocycles. The summed E-state index contributed by atoms with van der Waals surface area (Å²) in [6.45, 7) is 0. The van der Waals surface area contributed by atoms with Crippen LogP contribution in [0.1, 0.15) is 97.3 Å². The quantitative estimate of drug-likeness (QED) is 0.154. The summed E-state index contributed by atoms with van der Waals surface area (Å²) in [6, 6.07) is 63.6. The van der Waals surface area contributed by atoms with Gasteiger partial charge >= 0.3 is 0 Å². The molecule has 2 fully saturated rings. The first-order chi connectivity index (χ1) is 27.7. The Morgan fingerprint density at radius 3 is 0.982 bits per heavy atom. The molecule has 0 aromatic heterocycles. The first-order valence-electron chi connectivity index (χ1n) is 21.0. The van der Waals surface area contributed by atoms with Gasteiger partial charge in [-0.25, -0.2) is 0 Å². The van der Waals surface area contributed by atoms with E-state index in [1.54, 1.807) is 22.3 Å². The zero-order valence-corrected chi connectivity index (χ0v) is 32.0. The fraction of sp³-hybridized carbons (Fsp3) is 0.222. The standard InChI is InChI=1S/C54H48N2/c1-3-12-45(13-4-1)55(47-16-7-10-41(32-47)43-28-30-51-37-20-24-39(25-21-37)53(51)34-43)49-18-9-19-50(36-49)56(46-14-5-2-6-15-46)48-17-8-11-42(33-48)44-29-31-52-38-22-26-40(27-23-38)54(52)35-44/h1-19,28-40H,20-27H2. The predicted molar refractivity (Wildman–Crippen MR) is 235 cm³/mol. The molecule has 13 rings (SSSR count). The van der Waals surface area contributed by atoms with Gasteiger partial charge in [-0.05, 0) is 186 Å². The zero-order chi connectivity index (χ0) is 37.0. The maximum Gasteiger partial charge on any atom is 0.0482 e. The van der Waals surface area contributed by atoms with Crippen molar-refractivity contribution >= 4 is 34.1 Å². The number of fused-ring (bicyclic) bond motifs is 4. The Kier molecular flexibility index (Phi) is 8.38. The van der Waals surface area contributed by atoms with Crippen molar-refractivity contribution in [3.05, 3.63) is 192 Å². The number of benzene rings is 7. The van der Waals surface area contributed by atoms with Crippen LogP contribution in [0.5, 0.6) is 0 Å². The van der Waals surface area contributed by atoms with Crippen LogP contribution in [-0.2, 0) is 0 Å². The topological polar surface area (TPSA) is 6.48 Å². The Hall–Kier alpha value is -5.86. The van der Waals surface area contributed by atoms with E-state index in [9.17, 15) is 0 Å². The molecule has 0 radical (unpaired) electrons. The lowest BCUT2D eigenvalue weighted by Gasteiger charge is -2.38. The molecule has 2 heteroatoms. The van der Waals surface area contributed by atoms with E-state index in [2.05, 4.69) is 180 Å². The van der Waals surface area contributed by atoms with Crippen molar-refractivity contribution < 1.29 is 0 Å². The molecule has 7 aromatic rings. The second kappa shape index (κ2) is 14.0. The molecule has 0 aliphatic heterocycles. The van der Waals surface area contributed by atoms with Crippen LogP contribution in [0.25, 0.3) is 22.3 Å². The lowest BCUT2D eigenvalue weighted by Crippen LogP contribution is -2.21. The molecule has 4 bridgehead atoms. The highest BCUT2D eigenvalue weighted by molar-refractivity contribution is 5.85. The van der Waals surface area contributed by atoms with Crippen LogP contribution in [-0.4, -0.2) is 0 Å². The Labute approximate surface area is 332 Å². The molecule has 0 unspecified atom stereocenters. The third kappa shape index (κ3) is 5.95. The average Bonchev–Trinajstić information content (AvgIpc) is 3.28. The number of nitrogens with zero attached hydrogens (tertiary/aromatic N) is 2. The molecule has 0 saturated heterocycles. The van der Waals surface area contributed by atoms with Crippen molar-refractivity contribution in [2.75, 3.05) is 9.80 Å². The molecule has 274 valence electrons. The summed E-state index contributed by atoms with van der Waals surface area (Å²) in [4.78, 5) is 4.82. The summed E-state index contributed by atoms with van der Waals surface area (Å²) in [5.41, 5.74) is 18.4. The molecule has 2 nitrogen and oxygen atoms in total. The lowest BCUT2D eigenvalue weighted by molar-refractivity contribution is 0.359. The fourth-order valence-electron chi connectivity index (χ4n) is 10.9. The smallest absolute Gasteiger partial charge is 0.0482 e. The molecule has 0 amide bonds. The van der Waals surface area contributed by atoms with E-state index in [0.717, 1.165) is 57.8 Å². The van der Waals surface area contributed by atoms with Crippen molar-refractivity contribution in [2.45, 2.75) is 75.0 Å². The maximum absolute atomic E-state index is 2.51. The molecule has 7 aromatic carbocycles. The maximum atomic E-state index is 2.51. The van der Waals surface area contributed by atoms with Gasteiger partial charge < -0.3 is 9.80 Å². The molecule has 0 N–H and O–H groups in total.